The van der Waals surface area contributed by atoms with E-state index in [9.17, 15) is 9.59 Å². The van der Waals surface area contributed by atoms with Crippen LogP contribution in [-0.4, -0.2) is 42.8 Å². The number of thioether (sulfide) groups is 1. The average molecular weight is 417 g/mol. The van der Waals surface area contributed by atoms with Gasteiger partial charge in [0.2, 0.25) is 0 Å². The highest BCUT2D eigenvalue weighted by Crippen LogP contribution is 2.23. The Hall–Kier alpha value is -2.75. The summed E-state index contributed by atoms with van der Waals surface area (Å²) < 4.78 is 8.22. The van der Waals surface area contributed by atoms with E-state index in [-0.39, 0.29) is 11.5 Å². The molecule has 0 amide bonds. The summed E-state index contributed by atoms with van der Waals surface area (Å²) in [5.41, 5.74) is 0.695. The third-order valence-electron chi connectivity index (χ3n) is 4.26. The van der Waals surface area contributed by atoms with Crippen LogP contribution >= 0.6 is 11.8 Å². The van der Waals surface area contributed by atoms with Gasteiger partial charge in [0.25, 0.3) is 5.56 Å². The molecule has 0 fully saturated rings. The summed E-state index contributed by atoms with van der Waals surface area (Å²) in [5.74, 6) is 1.02. The first-order chi connectivity index (χ1) is 13.9. The van der Waals surface area contributed by atoms with Gasteiger partial charge in [0, 0.05) is 13.1 Å². The molecule has 0 bridgehead atoms. The van der Waals surface area contributed by atoms with Gasteiger partial charge in [0.05, 0.1) is 29.3 Å². The Labute approximate surface area is 172 Å². The third-order valence-corrected chi connectivity index (χ3v) is 5.23. The summed E-state index contributed by atoms with van der Waals surface area (Å²) in [6.07, 6.45) is 0.922. The van der Waals surface area contributed by atoms with Crippen molar-refractivity contribution in [2.75, 3.05) is 7.11 Å². The number of carbonyl (C=O) groups excluding carboxylic acids is 1. The second-order valence-corrected chi connectivity index (χ2v) is 7.98. The van der Waals surface area contributed by atoms with E-state index in [1.807, 2.05) is 13.8 Å². The van der Waals surface area contributed by atoms with Crippen molar-refractivity contribution in [3.05, 3.63) is 39.9 Å². The summed E-state index contributed by atoms with van der Waals surface area (Å²) in [4.78, 5) is 29.7. The second-order valence-electron chi connectivity index (χ2n) is 7.03. The molecule has 0 radical (unpaired) electrons. The van der Waals surface area contributed by atoms with Crippen molar-refractivity contribution in [3.8, 4) is 0 Å². The van der Waals surface area contributed by atoms with Crippen molar-refractivity contribution in [1.82, 2.24) is 29.8 Å². The minimum atomic E-state index is -0.465. The molecule has 9 nitrogen and oxygen atoms in total. The summed E-state index contributed by atoms with van der Waals surface area (Å²) >= 11 is 1.41. The zero-order valence-corrected chi connectivity index (χ0v) is 17.8. The molecule has 3 aromatic rings. The Morgan fingerprint density at radius 2 is 2.10 bits per heavy atom. The number of fused-ring (bicyclic) bond motifs is 1. The van der Waals surface area contributed by atoms with E-state index < -0.39 is 5.97 Å². The van der Waals surface area contributed by atoms with E-state index >= 15 is 0 Å². The van der Waals surface area contributed by atoms with E-state index in [1.54, 1.807) is 27.4 Å². The molecule has 0 saturated carbocycles. The molecule has 2 aromatic heterocycles. The van der Waals surface area contributed by atoms with Gasteiger partial charge in [-0.1, -0.05) is 32.5 Å². The quantitative estimate of drug-likeness (QED) is 0.313. The summed E-state index contributed by atoms with van der Waals surface area (Å²) in [7, 11) is 1.32. The molecule has 29 heavy (non-hydrogen) atoms. The molecule has 10 heteroatoms. The SMILES string of the molecule is CCCn1nnnc1CSc1nc2cc(C(=O)OC)ccc2c(=O)n1CC(C)C. The number of benzene rings is 1. The highest BCUT2D eigenvalue weighted by Gasteiger charge is 2.16. The second kappa shape index (κ2) is 9.17. The van der Waals surface area contributed by atoms with Crippen LogP contribution in [0.15, 0.2) is 28.2 Å². The van der Waals surface area contributed by atoms with E-state index in [2.05, 4.69) is 27.4 Å². The highest BCUT2D eigenvalue weighted by atomic mass is 32.2. The monoisotopic (exact) mass is 416 g/mol. The molecule has 154 valence electrons. The normalized spacial score (nSPS) is 11.3. The van der Waals surface area contributed by atoms with Gasteiger partial charge in [0.15, 0.2) is 11.0 Å². The van der Waals surface area contributed by atoms with E-state index in [1.165, 1.54) is 18.9 Å². The maximum atomic E-state index is 13.1. The van der Waals surface area contributed by atoms with Gasteiger partial charge in [-0.05, 0) is 41.0 Å². The van der Waals surface area contributed by atoms with Crippen molar-refractivity contribution in [3.63, 3.8) is 0 Å². The molecule has 0 aliphatic heterocycles. The fourth-order valence-electron chi connectivity index (χ4n) is 2.92. The number of hydrogen-bond acceptors (Lipinski definition) is 8. The number of tetrazole rings is 1. The van der Waals surface area contributed by atoms with Crippen LogP contribution in [0.1, 0.15) is 43.4 Å². The molecular weight excluding hydrogens is 392 g/mol. The first-order valence-corrected chi connectivity index (χ1v) is 10.4. The molecule has 0 N–H and O–H groups in total. The number of esters is 1. The van der Waals surface area contributed by atoms with Crippen LogP contribution in [-0.2, 0) is 23.6 Å². The lowest BCUT2D eigenvalue weighted by Gasteiger charge is -2.15. The maximum Gasteiger partial charge on any atom is 0.337 e. The third kappa shape index (κ3) is 4.64. The molecule has 0 atom stereocenters. The Kier molecular flexibility index (Phi) is 6.63. The zero-order valence-electron chi connectivity index (χ0n) is 17.0. The number of carbonyl (C=O) groups is 1. The Bertz CT molecular complexity index is 1080. The van der Waals surface area contributed by atoms with Crippen molar-refractivity contribution < 1.29 is 9.53 Å². The molecule has 0 unspecified atom stereocenters. The van der Waals surface area contributed by atoms with E-state index in [4.69, 9.17) is 4.74 Å². The van der Waals surface area contributed by atoms with E-state index in [0.717, 1.165) is 18.8 Å². The zero-order chi connectivity index (χ0) is 21.0. The van der Waals surface area contributed by atoms with Crippen LogP contribution in [0.2, 0.25) is 0 Å². The molecule has 1 aromatic carbocycles. The lowest BCUT2D eigenvalue weighted by molar-refractivity contribution is 0.0601. The molecule has 0 spiro atoms. The smallest absolute Gasteiger partial charge is 0.337 e. The number of ether oxygens (including phenoxy) is 1. The minimum absolute atomic E-state index is 0.129. The summed E-state index contributed by atoms with van der Waals surface area (Å²) in [6.45, 7) is 7.43. The van der Waals surface area contributed by atoms with Crippen molar-refractivity contribution in [1.29, 1.82) is 0 Å². The Morgan fingerprint density at radius 3 is 2.79 bits per heavy atom. The fourth-order valence-corrected chi connectivity index (χ4v) is 3.86. The van der Waals surface area contributed by atoms with Crippen LogP contribution in [0.4, 0.5) is 0 Å². The number of hydrogen-bond donors (Lipinski definition) is 0. The fraction of sp³-hybridized carbons (Fsp3) is 0.474. The van der Waals surface area contributed by atoms with Crippen LogP contribution < -0.4 is 5.56 Å². The Balaban J connectivity index is 2.03. The first-order valence-electron chi connectivity index (χ1n) is 9.45. The van der Waals surface area contributed by atoms with Crippen molar-refractivity contribution >= 4 is 28.6 Å². The van der Waals surface area contributed by atoms with Gasteiger partial charge in [-0.2, -0.15) is 0 Å². The predicted octanol–water partition coefficient (Wildman–Crippen LogP) is 2.53. The Morgan fingerprint density at radius 1 is 1.31 bits per heavy atom. The highest BCUT2D eigenvalue weighted by molar-refractivity contribution is 7.98. The lowest BCUT2D eigenvalue weighted by atomic mass is 10.1. The van der Waals surface area contributed by atoms with Gasteiger partial charge in [0.1, 0.15) is 0 Å². The molecule has 0 aliphatic rings. The summed E-state index contributed by atoms with van der Waals surface area (Å²) in [6, 6.07) is 4.81. The predicted molar refractivity (Wildman–Crippen MR) is 110 cm³/mol. The molecular formula is C19H24N6O3S. The number of methoxy groups -OCH3 is 1. The van der Waals surface area contributed by atoms with Gasteiger partial charge >= 0.3 is 5.97 Å². The standard InChI is InChI=1S/C19H24N6O3S/c1-5-8-25-16(21-22-23-25)11-29-19-20-15-9-13(18(27)28-4)6-7-14(15)17(26)24(19)10-12(2)3/h6-7,9,12H,5,8,10-11H2,1-4H3. The molecule has 0 saturated heterocycles. The van der Waals surface area contributed by atoms with Gasteiger partial charge in [-0.25, -0.2) is 14.5 Å². The minimum Gasteiger partial charge on any atom is -0.465 e. The van der Waals surface area contributed by atoms with Gasteiger partial charge in [-0.15, -0.1) is 5.10 Å². The van der Waals surface area contributed by atoms with Crippen molar-refractivity contribution in [2.24, 2.45) is 5.92 Å². The van der Waals surface area contributed by atoms with E-state index in [0.29, 0.717) is 33.9 Å². The van der Waals surface area contributed by atoms with Gasteiger partial charge in [-0.3, -0.25) is 9.36 Å². The van der Waals surface area contributed by atoms with Crippen LogP contribution in [0.3, 0.4) is 0 Å². The lowest BCUT2D eigenvalue weighted by Crippen LogP contribution is -2.25. The number of rotatable bonds is 8. The molecule has 0 aliphatic carbocycles. The summed E-state index contributed by atoms with van der Waals surface area (Å²) in [5, 5.41) is 12.9. The maximum absolute atomic E-state index is 13.1. The van der Waals surface area contributed by atoms with Crippen molar-refractivity contribution in [2.45, 2.75) is 51.2 Å². The number of aromatic nitrogens is 6. The average Bonchev–Trinajstić information content (AvgIpc) is 3.15. The number of nitrogens with zero attached hydrogens (tertiary/aromatic N) is 6. The number of aryl methyl sites for hydroxylation is 1. The molecule has 3 rings (SSSR count). The first kappa shape index (κ1) is 21.0. The largest absolute Gasteiger partial charge is 0.465 e. The van der Waals surface area contributed by atoms with Gasteiger partial charge < -0.3 is 4.74 Å². The van der Waals surface area contributed by atoms with Crippen LogP contribution in [0.5, 0.6) is 0 Å². The van der Waals surface area contributed by atoms with Crippen LogP contribution in [0.25, 0.3) is 10.9 Å². The molecule has 2 heterocycles. The topological polar surface area (TPSA) is 105 Å². The van der Waals surface area contributed by atoms with Crippen LogP contribution in [0, 0.1) is 5.92 Å².